The Hall–Kier alpha value is -2.22. The van der Waals surface area contributed by atoms with Crippen molar-refractivity contribution in [2.24, 2.45) is 7.05 Å². The Kier molecular flexibility index (Phi) is 4.29. The van der Waals surface area contributed by atoms with Crippen molar-refractivity contribution in [3.63, 3.8) is 0 Å². The lowest BCUT2D eigenvalue weighted by atomic mass is 9.99. The Bertz CT molecular complexity index is 841. The van der Waals surface area contributed by atoms with Gasteiger partial charge in [0.25, 0.3) is 5.56 Å². The molecule has 2 saturated heterocycles. The molecule has 2 aliphatic rings. The van der Waals surface area contributed by atoms with Crippen molar-refractivity contribution in [1.29, 1.82) is 0 Å². The minimum Gasteiger partial charge on any atom is -0.352 e. The topological polar surface area (TPSA) is 85.0 Å². The first-order valence-electron chi connectivity index (χ1n) is 9.04. The van der Waals surface area contributed by atoms with Crippen LogP contribution in [0.5, 0.6) is 0 Å². The maximum atomic E-state index is 12.4. The molecule has 0 unspecified atom stereocenters. The summed E-state index contributed by atoms with van der Waals surface area (Å²) in [5.74, 6) is 0.00982. The number of fused-ring (bicyclic) bond motifs is 2. The molecule has 1 N–H and O–H groups in total. The van der Waals surface area contributed by atoms with E-state index in [1.807, 2.05) is 0 Å². The summed E-state index contributed by atoms with van der Waals surface area (Å²) in [5, 5.41) is 7.72. The molecule has 0 bridgehead atoms. The van der Waals surface area contributed by atoms with Gasteiger partial charge in [0.1, 0.15) is 5.39 Å². The largest absolute Gasteiger partial charge is 0.352 e. The van der Waals surface area contributed by atoms with E-state index >= 15 is 0 Å². The van der Waals surface area contributed by atoms with Gasteiger partial charge in [-0.1, -0.05) is 6.42 Å². The predicted octanol–water partition coefficient (Wildman–Crippen LogP) is 0.263. The second-order valence-electron chi connectivity index (χ2n) is 7.06. The highest BCUT2D eigenvalue weighted by Crippen LogP contribution is 2.27. The Morgan fingerprint density at radius 3 is 3.08 bits per heavy atom. The third kappa shape index (κ3) is 3.06. The van der Waals surface area contributed by atoms with E-state index in [2.05, 4.69) is 20.3 Å². The number of nitrogens with one attached hydrogen (secondary N) is 1. The van der Waals surface area contributed by atoms with Crippen LogP contribution in [-0.4, -0.2) is 55.3 Å². The van der Waals surface area contributed by atoms with Crippen LogP contribution in [0.2, 0.25) is 0 Å². The zero-order chi connectivity index (χ0) is 17.4. The molecule has 2 atom stereocenters. The Labute approximate surface area is 145 Å². The monoisotopic (exact) mass is 344 g/mol. The molecular formula is C17H24N6O2. The quantitative estimate of drug-likeness (QED) is 0.860. The van der Waals surface area contributed by atoms with Gasteiger partial charge < -0.3 is 5.32 Å². The molecule has 8 heteroatoms. The molecule has 8 nitrogen and oxygen atoms in total. The summed E-state index contributed by atoms with van der Waals surface area (Å²) in [7, 11) is 1.75. The molecule has 0 aromatic carbocycles. The summed E-state index contributed by atoms with van der Waals surface area (Å²) in [6.45, 7) is 2.57. The fourth-order valence-electron chi connectivity index (χ4n) is 4.14. The van der Waals surface area contributed by atoms with Crippen LogP contribution >= 0.6 is 0 Å². The van der Waals surface area contributed by atoms with E-state index in [1.165, 1.54) is 36.4 Å². The predicted molar refractivity (Wildman–Crippen MR) is 93.1 cm³/mol. The summed E-state index contributed by atoms with van der Waals surface area (Å²) < 4.78 is 3.06. The van der Waals surface area contributed by atoms with E-state index in [0.29, 0.717) is 23.6 Å². The van der Waals surface area contributed by atoms with Crippen molar-refractivity contribution >= 4 is 16.9 Å². The summed E-state index contributed by atoms with van der Waals surface area (Å²) >= 11 is 0. The number of carbonyl (C=O) groups is 1. The van der Waals surface area contributed by atoms with Crippen molar-refractivity contribution in [3.05, 3.63) is 22.9 Å². The molecule has 2 aliphatic heterocycles. The number of aromatic nitrogens is 4. The first-order valence-corrected chi connectivity index (χ1v) is 9.04. The van der Waals surface area contributed by atoms with E-state index < -0.39 is 0 Å². The standard InChI is InChI=1S/C17H24N6O2/c1-21-16-12(10-19-21)17(25)23(11-18-16)9-6-15(24)20-13-5-8-22-7-3-2-4-14(13)22/h10-11,13-14H,2-9H2,1H3,(H,20,24)/t13-,14-/m0/s1. The second kappa shape index (κ2) is 6.59. The lowest BCUT2D eigenvalue weighted by Crippen LogP contribution is -2.47. The summed E-state index contributed by atoms with van der Waals surface area (Å²) in [6.07, 6.45) is 8.03. The maximum Gasteiger partial charge on any atom is 0.264 e. The van der Waals surface area contributed by atoms with Gasteiger partial charge in [0, 0.05) is 38.6 Å². The number of rotatable bonds is 4. The minimum absolute atomic E-state index is 0.00982. The third-order valence-electron chi connectivity index (χ3n) is 5.50. The second-order valence-corrected chi connectivity index (χ2v) is 7.06. The van der Waals surface area contributed by atoms with Crippen molar-refractivity contribution in [2.75, 3.05) is 13.1 Å². The van der Waals surface area contributed by atoms with Gasteiger partial charge in [0.05, 0.1) is 12.5 Å². The van der Waals surface area contributed by atoms with Crippen LogP contribution < -0.4 is 10.9 Å². The van der Waals surface area contributed by atoms with Gasteiger partial charge in [0.15, 0.2) is 5.65 Å². The van der Waals surface area contributed by atoms with Gasteiger partial charge in [0.2, 0.25) is 5.91 Å². The number of aryl methyl sites for hydroxylation is 2. The molecule has 0 radical (unpaired) electrons. The van der Waals surface area contributed by atoms with Gasteiger partial charge in [-0.15, -0.1) is 0 Å². The maximum absolute atomic E-state index is 12.4. The average Bonchev–Trinajstić information content (AvgIpc) is 3.19. The molecular weight excluding hydrogens is 320 g/mol. The fourth-order valence-corrected chi connectivity index (χ4v) is 4.14. The summed E-state index contributed by atoms with van der Waals surface area (Å²) in [6, 6.07) is 0.747. The average molecular weight is 344 g/mol. The summed E-state index contributed by atoms with van der Waals surface area (Å²) in [4.78, 5) is 31.5. The zero-order valence-electron chi connectivity index (χ0n) is 14.5. The molecule has 25 heavy (non-hydrogen) atoms. The highest BCUT2D eigenvalue weighted by molar-refractivity contribution is 5.76. The van der Waals surface area contributed by atoms with Crippen LogP contribution in [0.1, 0.15) is 32.1 Å². The molecule has 2 aromatic rings. The normalized spacial score (nSPS) is 23.7. The van der Waals surface area contributed by atoms with Crippen LogP contribution in [0.3, 0.4) is 0 Å². The van der Waals surface area contributed by atoms with Gasteiger partial charge in [-0.3, -0.25) is 23.7 Å². The van der Waals surface area contributed by atoms with Crippen molar-refractivity contribution < 1.29 is 4.79 Å². The number of hydrogen-bond donors (Lipinski definition) is 1. The Balaban J connectivity index is 1.37. The number of carbonyl (C=O) groups excluding carboxylic acids is 1. The first kappa shape index (κ1) is 16.3. The van der Waals surface area contributed by atoms with Crippen LogP contribution in [0.4, 0.5) is 0 Å². The van der Waals surface area contributed by atoms with Gasteiger partial charge >= 0.3 is 0 Å². The van der Waals surface area contributed by atoms with Crippen LogP contribution in [0.15, 0.2) is 17.3 Å². The van der Waals surface area contributed by atoms with Gasteiger partial charge in [-0.25, -0.2) is 4.98 Å². The molecule has 2 aromatic heterocycles. The minimum atomic E-state index is -0.148. The van der Waals surface area contributed by atoms with Crippen molar-refractivity contribution in [2.45, 2.75) is 50.7 Å². The number of piperidine rings is 1. The van der Waals surface area contributed by atoms with E-state index in [-0.39, 0.29) is 23.9 Å². The van der Waals surface area contributed by atoms with Crippen LogP contribution in [0, 0.1) is 0 Å². The molecule has 4 heterocycles. The smallest absolute Gasteiger partial charge is 0.264 e. The van der Waals surface area contributed by atoms with Gasteiger partial charge in [-0.2, -0.15) is 5.10 Å². The summed E-state index contributed by atoms with van der Waals surface area (Å²) in [5.41, 5.74) is 0.416. The van der Waals surface area contributed by atoms with Crippen molar-refractivity contribution in [3.8, 4) is 0 Å². The SMILES string of the molecule is Cn1ncc2c(=O)n(CCC(=O)N[C@H]3CCN4CCCC[C@@H]34)cnc21. The van der Waals surface area contributed by atoms with E-state index in [1.54, 1.807) is 11.7 Å². The van der Waals surface area contributed by atoms with E-state index in [4.69, 9.17) is 0 Å². The molecule has 4 rings (SSSR count). The highest BCUT2D eigenvalue weighted by atomic mass is 16.2. The Morgan fingerprint density at radius 2 is 2.20 bits per heavy atom. The number of amides is 1. The number of hydrogen-bond acceptors (Lipinski definition) is 5. The first-order chi connectivity index (χ1) is 12.1. The highest BCUT2D eigenvalue weighted by Gasteiger charge is 2.36. The van der Waals surface area contributed by atoms with Crippen LogP contribution in [-0.2, 0) is 18.4 Å². The van der Waals surface area contributed by atoms with Gasteiger partial charge in [-0.05, 0) is 25.8 Å². The lowest BCUT2D eigenvalue weighted by molar-refractivity contribution is -0.122. The van der Waals surface area contributed by atoms with E-state index in [0.717, 1.165) is 19.5 Å². The molecule has 2 fully saturated rings. The van der Waals surface area contributed by atoms with E-state index in [9.17, 15) is 9.59 Å². The number of nitrogens with zero attached hydrogens (tertiary/aromatic N) is 5. The zero-order valence-corrected chi connectivity index (χ0v) is 14.5. The molecule has 0 saturated carbocycles. The molecule has 134 valence electrons. The lowest BCUT2D eigenvalue weighted by Gasteiger charge is -2.32. The van der Waals surface area contributed by atoms with Crippen LogP contribution in [0.25, 0.3) is 11.0 Å². The molecule has 0 aliphatic carbocycles. The Morgan fingerprint density at radius 1 is 1.32 bits per heavy atom. The molecule has 1 amide bonds. The fraction of sp³-hybridized carbons (Fsp3) is 0.647. The molecule has 0 spiro atoms. The van der Waals surface area contributed by atoms with Crippen molar-refractivity contribution in [1.82, 2.24) is 29.5 Å². The third-order valence-corrected chi connectivity index (χ3v) is 5.50.